The van der Waals surface area contributed by atoms with E-state index < -0.39 is 38.6 Å². The van der Waals surface area contributed by atoms with E-state index in [0.29, 0.717) is 39.6 Å². The van der Waals surface area contributed by atoms with E-state index in [2.05, 4.69) is 35.3 Å². The van der Waals surface area contributed by atoms with Crippen molar-refractivity contribution in [2.45, 2.75) is 17.3 Å². The number of ether oxygens (including phenoxy) is 1. The predicted molar refractivity (Wildman–Crippen MR) is 169 cm³/mol. The number of rotatable bonds is 12. The molecule has 0 aromatic heterocycles. The first-order valence-corrected chi connectivity index (χ1v) is 16.2. The fourth-order valence-corrected chi connectivity index (χ4v) is 5.27. The van der Waals surface area contributed by atoms with Gasteiger partial charge in [-0.2, -0.15) is 37.3 Å². The molecule has 0 aliphatic carbocycles. The monoisotopic (exact) mass is 668 g/mol. The molecular weight excluding hydrogens is 640 g/mol. The van der Waals surface area contributed by atoms with Crippen molar-refractivity contribution in [2.75, 3.05) is 24.9 Å². The van der Waals surface area contributed by atoms with E-state index in [1.807, 2.05) is 0 Å². The number of aliphatic hydroxyl groups is 1. The van der Waals surface area contributed by atoms with Crippen molar-refractivity contribution in [1.82, 2.24) is 0 Å². The Morgan fingerprint density at radius 1 is 0.739 bits per heavy atom. The summed E-state index contributed by atoms with van der Waals surface area (Å²) in [6.45, 7) is -0.428. The molecule has 2 amide bonds. The molecule has 0 bridgehead atoms. The number of aliphatic hydroxyl groups excluding tert-OH is 1. The molecule has 4 aromatic rings. The SMILES string of the molecule is COc1cc(N=Nc2cccc(CS(=O)(=O)O)c2)ccc1NC(=O)Nc1ccc(N=Nc2cccc(S(=O)(=O)OC)c2)cc1CO. The molecule has 4 aromatic carbocycles. The lowest BCUT2D eigenvalue weighted by atomic mass is 10.1. The molecule has 0 heterocycles. The third-order valence-electron chi connectivity index (χ3n) is 6.09. The van der Waals surface area contributed by atoms with Gasteiger partial charge in [0, 0.05) is 17.3 Å². The van der Waals surface area contributed by atoms with Crippen LogP contribution < -0.4 is 15.4 Å². The highest BCUT2D eigenvalue weighted by Gasteiger charge is 2.14. The van der Waals surface area contributed by atoms with Gasteiger partial charge in [-0.3, -0.25) is 8.74 Å². The molecule has 240 valence electrons. The maximum Gasteiger partial charge on any atom is 0.323 e. The molecular formula is C29H28N6O9S2. The Morgan fingerprint density at radius 2 is 1.30 bits per heavy atom. The van der Waals surface area contributed by atoms with Crippen LogP contribution in [0.15, 0.2) is 110 Å². The molecule has 17 heteroatoms. The Bertz CT molecular complexity index is 2020. The van der Waals surface area contributed by atoms with Crippen molar-refractivity contribution in [3.8, 4) is 5.75 Å². The topological polar surface area (TPSA) is 218 Å². The Morgan fingerprint density at radius 3 is 1.91 bits per heavy atom. The normalized spacial score (nSPS) is 12.0. The summed E-state index contributed by atoms with van der Waals surface area (Å²) in [6, 6.07) is 20.5. The van der Waals surface area contributed by atoms with Crippen LogP contribution in [0.3, 0.4) is 0 Å². The lowest BCUT2D eigenvalue weighted by Crippen LogP contribution is -2.20. The molecule has 0 unspecified atom stereocenters. The third kappa shape index (κ3) is 9.46. The second-order valence-electron chi connectivity index (χ2n) is 9.38. The van der Waals surface area contributed by atoms with Gasteiger partial charge in [0.25, 0.3) is 20.2 Å². The van der Waals surface area contributed by atoms with E-state index in [9.17, 15) is 26.7 Å². The van der Waals surface area contributed by atoms with Crippen LogP contribution in [0.25, 0.3) is 0 Å². The lowest BCUT2D eigenvalue weighted by Gasteiger charge is -2.13. The zero-order chi connectivity index (χ0) is 33.3. The number of amides is 2. The van der Waals surface area contributed by atoms with Gasteiger partial charge < -0.3 is 20.5 Å². The number of carbonyl (C=O) groups excluding carboxylic acids is 1. The van der Waals surface area contributed by atoms with Crippen molar-refractivity contribution in [3.63, 3.8) is 0 Å². The van der Waals surface area contributed by atoms with Crippen molar-refractivity contribution in [3.05, 3.63) is 96.1 Å². The molecule has 46 heavy (non-hydrogen) atoms. The summed E-state index contributed by atoms with van der Waals surface area (Å²) in [6.07, 6.45) is 0. The highest BCUT2D eigenvalue weighted by atomic mass is 32.2. The second kappa shape index (κ2) is 14.8. The first-order valence-electron chi connectivity index (χ1n) is 13.2. The fourth-order valence-electron chi connectivity index (χ4n) is 3.96. The molecule has 0 spiro atoms. The zero-order valence-electron chi connectivity index (χ0n) is 24.4. The van der Waals surface area contributed by atoms with Gasteiger partial charge >= 0.3 is 6.03 Å². The number of urea groups is 1. The highest BCUT2D eigenvalue weighted by molar-refractivity contribution is 7.86. The van der Waals surface area contributed by atoms with Gasteiger partial charge in [0.05, 0.1) is 54.2 Å². The summed E-state index contributed by atoms with van der Waals surface area (Å²) < 4.78 is 65.1. The molecule has 0 saturated heterocycles. The van der Waals surface area contributed by atoms with Crippen LogP contribution in [-0.4, -0.2) is 46.7 Å². The summed E-state index contributed by atoms with van der Waals surface area (Å²) in [4.78, 5) is 12.7. The Labute approximate surface area is 264 Å². The molecule has 0 atom stereocenters. The Kier molecular flexibility index (Phi) is 10.9. The van der Waals surface area contributed by atoms with Gasteiger partial charge in [-0.05, 0) is 66.2 Å². The zero-order valence-corrected chi connectivity index (χ0v) is 26.0. The minimum atomic E-state index is -4.20. The molecule has 0 fully saturated rings. The van der Waals surface area contributed by atoms with Crippen LogP contribution >= 0.6 is 0 Å². The van der Waals surface area contributed by atoms with E-state index in [1.54, 1.807) is 36.4 Å². The number of nitrogens with one attached hydrogen (secondary N) is 2. The predicted octanol–water partition coefficient (Wildman–Crippen LogP) is 6.39. The van der Waals surface area contributed by atoms with Crippen LogP contribution in [-0.2, 0) is 36.8 Å². The Hall–Kier alpha value is -5.07. The van der Waals surface area contributed by atoms with Gasteiger partial charge in [-0.25, -0.2) is 4.79 Å². The highest BCUT2D eigenvalue weighted by Crippen LogP contribution is 2.31. The molecule has 4 N–H and O–H groups in total. The van der Waals surface area contributed by atoms with Crippen LogP contribution in [0.5, 0.6) is 5.75 Å². The number of anilines is 2. The first kappa shape index (κ1) is 33.8. The first-order chi connectivity index (χ1) is 21.9. The van der Waals surface area contributed by atoms with Gasteiger partial charge in [-0.15, -0.1) is 0 Å². The summed E-state index contributed by atoms with van der Waals surface area (Å²) in [5.41, 5.74) is 2.63. The van der Waals surface area contributed by atoms with Crippen LogP contribution in [0, 0.1) is 0 Å². The fraction of sp³-hybridized carbons (Fsp3) is 0.138. The van der Waals surface area contributed by atoms with Crippen molar-refractivity contribution in [2.24, 2.45) is 20.5 Å². The van der Waals surface area contributed by atoms with Crippen molar-refractivity contribution >= 4 is 60.4 Å². The van der Waals surface area contributed by atoms with Gasteiger partial charge in [-0.1, -0.05) is 18.2 Å². The maximum atomic E-state index is 12.8. The number of hydrogen-bond acceptors (Lipinski definition) is 12. The quantitative estimate of drug-likeness (QED) is 0.0746. The van der Waals surface area contributed by atoms with Crippen LogP contribution in [0.4, 0.5) is 38.9 Å². The van der Waals surface area contributed by atoms with E-state index in [1.165, 1.54) is 55.6 Å². The smallest absolute Gasteiger partial charge is 0.323 e. The lowest BCUT2D eigenvalue weighted by molar-refractivity contribution is 0.261. The minimum absolute atomic E-state index is 0.0782. The van der Waals surface area contributed by atoms with E-state index >= 15 is 0 Å². The summed E-state index contributed by atoms with van der Waals surface area (Å²) in [7, 11) is -5.64. The number of azo groups is 2. The number of nitrogens with zero attached hydrogens (tertiary/aromatic N) is 4. The average Bonchev–Trinajstić information content (AvgIpc) is 3.03. The van der Waals surface area contributed by atoms with E-state index in [-0.39, 0.29) is 16.3 Å². The molecule has 0 aliphatic rings. The number of benzene rings is 4. The summed E-state index contributed by atoms with van der Waals surface area (Å²) in [5, 5.41) is 31.6. The second-order valence-corrected chi connectivity index (χ2v) is 12.5. The average molecular weight is 669 g/mol. The number of carbonyl (C=O) groups is 1. The largest absolute Gasteiger partial charge is 0.494 e. The van der Waals surface area contributed by atoms with E-state index in [0.717, 1.165) is 7.11 Å². The molecule has 4 rings (SSSR count). The van der Waals surface area contributed by atoms with E-state index in [4.69, 9.17) is 9.29 Å². The Balaban J connectivity index is 1.43. The minimum Gasteiger partial charge on any atom is -0.494 e. The maximum absolute atomic E-state index is 12.8. The summed E-state index contributed by atoms with van der Waals surface area (Å²) >= 11 is 0. The molecule has 0 saturated carbocycles. The number of methoxy groups -OCH3 is 1. The molecule has 0 aliphatic heterocycles. The van der Waals surface area contributed by atoms with Crippen LogP contribution in [0.1, 0.15) is 11.1 Å². The molecule has 0 radical (unpaired) electrons. The standard InChI is InChI=1S/C29H28N6O9S2/c1-43-28-16-24(35-32-21-6-3-5-19(13-21)18-45(38,39)40)10-12-27(28)31-29(37)30-26-11-9-23(14-20(26)17-36)34-33-22-7-4-8-25(15-22)46(41,42)44-2/h3-16,36H,17-18H2,1-2H3,(H2,30,31,37)(H,38,39,40). The van der Waals surface area contributed by atoms with Gasteiger partial charge in [0.1, 0.15) is 11.5 Å². The molecule has 15 nitrogen and oxygen atoms in total. The summed E-state index contributed by atoms with van der Waals surface area (Å²) in [5.74, 6) is -0.283. The van der Waals surface area contributed by atoms with Crippen LogP contribution in [0.2, 0.25) is 0 Å². The van der Waals surface area contributed by atoms with Gasteiger partial charge in [0.15, 0.2) is 0 Å². The number of hydrogen-bond donors (Lipinski definition) is 4. The van der Waals surface area contributed by atoms with Gasteiger partial charge in [0.2, 0.25) is 0 Å². The van der Waals surface area contributed by atoms with Crippen molar-refractivity contribution < 1.29 is 40.2 Å². The van der Waals surface area contributed by atoms with Crippen molar-refractivity contribution in [1.29, 1.82) is 0 Å². The third-order valence-corrected chi connectivity index (χ3v) is 8.06.